The highest BCUT2D eigenvalue weighted by Crippen LogP contribution is 2.08. The Hall–Kier alpha value is -2.89. The number of carboxylic acid groups (broad SMARTS) is 1. The van der Waals surface area contributed by atoms with E-state index in [-0.39, 0.29) is 11.7 Å². The number of carboxylic acids is 1. The fourth-order valence-electron chi connectivity index (χ4n) is 1.17. The van der Waals surface area contributed by atoms with Gasteiger partial charge >= 0.3 is 12.1 Å². The van der Waals surface area contributed by atoms with Crippen LogP contribution in [0.3, 0.4) is 0 Å². The van der Waals surface area contributed by atoms with Gasteiger partial charge in [0.25, 0.3) is 0 Å². The number of benzene rings is 1. The molecule has 21 heavy (non-hydrogen) atoms. The minimum absolute atomic E-state index is 0.220. The van der Waals surface area contributed by atoms with E-state index in [0.717, 1.165) is 0 Å². The molecule has 1 N–H and O–H groups in total. The van der Waals surface area contributed by atoms with Crippen molar-refractivity contribution >= 4 is 12.1 Å². The van der Waals surface area contributed by atoms with Crippen molar-refractivity contribution in [1.82, 2.24) is 9.88 Å². The summed E-state index contributed by atoms with van der Waals surface area (Å²) in [5, 5.41) is 8.34. The van der Waals surface area contributed by atoms with E-state index < -0.39 is 5.97 Å². The van der Waals surface area contributed by atoms with Gasteiger partial charge in [-0.2, -0.15) is 0 Å². The van der Waals surface area contributed by atoms with E-state index in [2.05, 4.69) is 4.98 Å². The average molecular weight is 288 g/mol. The predicted octanol–water partition coefficient (Wildman–Crippen LogP) is 2.53. The van der Waals surface area contributed by atoms with Crippen LogP contribution in [0.4, 0.5) is 4.79 Å². The van der Waals surface area contributed by atoms with E-state index in [4.69, 9.17) is 9.84 Å². The zero-order valence-electron chi connectivity index (χ0n) is 11.8. The third-order valence-electron chi connectivity index (χ3n) is 2.22. The molecule has 0 aliphatic carbocycles. The van der Waals surface area contributed by atoms with E-state index in [1.54, 1.807) is 32.3 Å². The van der Waals surface area contributed by atoms with Crippen LogP contribution in [0.5, 0.6) is 5.75 Å². The Morgan fingerprint density at radius 1 is 1.10 bits per heavy atom. The molecule has 0 fully saturated rings. The number of para-hydroxylation sites is 1. The maximum absolute atomic E-state index is 11.0. The minimum Gasteiger partial charge on any atom is -0.478 e. The van der Waals surface area contributed by atoms with Crippen molar-refractivity contribution in [2.24, 2.45) is 0 Å². The Labute approximate surface area is 122 Å². The molecule has 2 aromatic rings. The molecule has 2 rings (SSSR count). The molecular weight excluding hydrogens is 272 g/mol. The number of carbonyl (C=O) groups is 2. The molecule has 0 radical (unpaired) electrons. The maximum atomic E-state index is 11.0. The van der Waals surface area contributed by atoms with Gasteiger partial charge in [-0.3, -0.25) is 4.98 Å². The molecule has 0 saturated carbocycles. The topological polar surface area (TPSA) is 79.7 Å². The molecule has 0 aliphatic heterocycles. The number of ether oxygens (including phenoxy) is 1. The van der Waals surface area contributed by atoms with Crippen molar-refractivity contribution < 1.29 is 19.4 Å². The van der Waals surface area contributed by atoms with Crippen LogP contribution in [0, 0.1) is 0 Å². The fourth-order valence-corrected chi connectivity index (χ4v) is 1.17. The zero-order chi connectivity index (χ0) is 15.7. The van der Waals surface area contributed by atoms with E-state index in [0.29, 0.717) is 5.75 Å². The molecule has 0 aliphatic rings. The molecule has 6 nitrogen and oxygen atoms in total. The van der Waals surface area contributed by atoms with Crippen LogP contribution >= 0.6 is 0 Å². The first-order valence-corrected chi connectivity index (χ1v) is 6.08. The molecule has 6 heteroatoms. The van der Waals surface area contributed by atoms with Crippen molar-refractivity contribution in [2.45, 2.75) is 0 Å². The van der Waals surface area contributed by atoms with Gasteiger partial charge in [0.15, 0.2) is 0 Å². The second-order valence-corrected chi connectivity index (χ2v) is 4.12. The van der Waals surface area contributed by atoms with Crippen molar-refractivity contribution in [3.05, 3.63) is 60.4 Å². The smallest absolute Gasteiger partial charge is 0.414 e. The molecule has 1 aromatic carbocycles. The first-order valence-electron chi connectivity index (χ1n) is 6.08. The van der Waals surface area contributed by atoms with Gasteiger partial charge < -0.3 is 14.7 Å². The number of rotatable bonds is 2. The summed E-state index contributed by atoms with van der Waals surface area (Å²) in [5.74, 6) is -0.376. The Morgan fingerprint density at radius 3 is 2.19 bits per heavy atom. The van der Waals surface area contributed by atoms with E-state index >= 15 is 0 Å². The Balaban J connectivity index is 0.000000219. The number of amides is 1. The first-order chi connectivity index (χ1) is 10.0. The molecule has 0 unspecified atom stereocenters. The molecule has 0 spiro atoms. The number of aromatic carboxylic acids is 1. The molecule has 0 saturated heterocycles. The van der Waals surface area contributed by atoms with Crippen LogP contribution < -0.4 is 4.74 Å². The van der Waals surface area contributed by atoms with Gasteiger partial charge in [-0.15, -0.1) is 0 Å². The van der Waals surface area contributed by atoms with Crippen molar-refractivity contribution in [3.8, 4) is 5.75 Å². The molecule has 1 amide bonds. The van der Waals surface area contributed by atoms with Crippen molar-refractivity contribution in [3.63, 3.8) is 0 Å². The normalized spacial score (nSPS) is 9.05. The molecule has 1 aromatic heterocycles. The monoisotopic (exact) mass is 288 g/mol. The number of aromatic nitrogens is 1. The lowest BCUT2D eigenvalue weighted by molar-refractivity contribution is 0.0696. The summed E-state index contributed by atoms with van der Waals surface area (Å²) in [7, 11) is 3.29. The predicted molar refractivity (Wildman–Crippen MR) is 77.3 cm³/mol. The molecular formula is C15H16N2O4. The van der Waals surface area contributed by atoms with Gasteiger partial charge in [-0.25, -0.2) is 9.59 Å². The van der Waals surface area contributed by atoms with Gasteiger partial charge in [-0.1, -0.05) is 18.2 Å². The van der Waals surface area contributed by atoms with Crippen molar-refractivity contribution in [1.29, 1.82) is 0 Å². The first kappa shape index (κ1) is 16.2. The summed E-state index contributed by atoms with van der Waals surface area (Å²) in [5.41, 5.74) is 0.220. The highest BCUT2D eigenvalue weighted by atomic mass is 16.6. The van der Waals surface area contributed by atoms with Gasteiger partial charge in [0, 0.05) is 26.5 Å². The van der Waals surface area contributed by atoms with E-state index in [1.165, 1.54) is 23.4 Å². The quantitative estimate of drug-likeness (QED) is 0.918. The van der Waals surface area contributed by atoms with Crippen LogP contribution in [0.15, 0.2) is 54.9 Å². The molecule has 0 atom stereocenters. The zero-order valence-corrected chi connectivity index (χ0v) is 11.8. The largest absolute Gasteiger partial charge is 0.478 e. The van der Waals surface area contributed by atoms with E-state index in [1.807, 2.05) is 18.2 Å². The Bertz CT molecular complexity index is 571. The van der Waals surface area contributed by atoms with E-state index in [9.17, 15) is 9.59 Å². The third kappa shape index (κ3) is 6.20. The van der Waals surface area contributed by atoms with Crippen LogP contribution in [-0.4, -0.2) is 41.1 Å². The second-order valence-electron chi connectivity index (χ2n) is 4.12. The lowest BCUT2D eigenvalue weighted by atomic mass is 10.3. The maximum Gasteiger partial charge on any atom is 0.414 e. The number of nitrogens with zero attached hydrogens (tertiary/aromatic N) is 2. The Morgan fingerprint density at radius 2 is 1.76 bits per heavy atom. The summed E-state index contributed by atoms with van der Waals surface area (Å²) in [6.45, 7) is 0. The summed E-state index contributed by atoms with van der Waals surface area (Å²) >= 11 is 0. The number of carbonyl (C=O) groups excluding carboxylic acids is 1. The summed E-state index contributed by atoms with van der Waals surface area (Å²) in [6, 6.07) is 12.1. The average Bonchev–Trinajstić information content (AvgIpc) is 2.49. The summed E-state index contributed by atoms with van der Waals surface area (Å²) in [4.78, 5) is 26.2. The number of pyridine rings is 1. The standard InChI is InChI=1S/C9H11NO2.C6H5NO2/c1-10(2)9(11)12-8-6-4-3-5-7-8;8-6(9)5-2-1-3-7-4-5/h3-7H,1-2H3;1-4H,(H,8,9). The molecule has 0 bridgehead atoms. The number of hydrogen-bond donors (Lipinski definition) is 1. The van der Waals surface area contributed by atoms with Crippen molar-refractivity contribution in [2.75, 3.05) is 14.1 Å². The van der Waals surface area contributed by atoms with Crippen LogP contribution in [-0.2, 0) is 0 Å². The van der Waals surface area contributed by atoms with Crippen LogP contribution in [0.1, 0.15) is 10.4 Å². The summed E-state index contributed by atoms with van der Waals surface area (Å²) in [6.07, 6.45) is 2.48. The summed E-state index contributed by atoms with van der Waals surface area (Å²) < 4.78 is 4.96. The fraction of sp³-hybridized carbons (Fsp3) is 0.133. The highest BCUT2D eigenvalue weighted by molar-refractivity contribution is 5.86. The SMILES string of the molecule is CN(C)C(=O)Oc1ccccc1.O=C(O)c1cccnc1. The lowest BCUT2D eigenvalue weighted by Gasteiger charge is -2.09. The van der Waals surface area contributed by atoms with Crippen LogP contribution in [0.25, 0.3) is 0 Å². The van der Waals surface area contributed by atoms with Crippen LogP contribution in [0.2, 0.25) is 0 Å². The second kappa shape index (κ2) is 8.31. The lowest BCUT2D eigenvalue weighted by Crippen LogP contribution is -2.25. The third-order valence-corrected chi connectivity index (χ3v) is 2.22. The highest BCUT2D eigenvalue weighted by Gasteiger charge is 2.04. The van der Waals surface area contributed by atoms with Gasteiger partial charge in [0.05, 0.1) is 5.56 Å². The van der Waals surface area contributed by atoms with Gasteiger partial charge in [0.2, 0.25) is 0 Å². The van der Waals surface area contributed by atoms with Gasteiger partial charge in [0.1, 0.15) is 5.75 Å². The molecule has 1 heterocycles. The number of hydrogen-bond acceptors (Lipinski definition) is 4. The van der Waals surface area contributed by atoms with Gasteiger partial charge in [-0.05, 0) is 24.3 Å². The minimum atomic E-state index is -0.942. The molecule has 110 valence electrons. The Kier molecular flexibility index (Phi) is 6.40.